The maximum absolute atomic E-state index is 10.6. The molecule has 5 nitrogen and oxygen atoms in total. The number of benzene rings is 1. The number of rotatable bonds is 8. The Morgan fingerprint density at radius 1 is 1.36 bits per heavy atom. The van der Waals surface area contributed by atoms with Crippen LogP contribution in [0.15, 0.2) is 36.7 Å². The van der Waals surface area contributed by atoms with Gasteiger partial charge in [0.05, 0.1) is 6.20 Å². The first-order valence-corrected chi connectivity index (χ1v) is 7.59. The number of carbonyl (C=O) groups is 1. The van der Waals surface area contributed by atoms with E-state index in [9.17, 15) is 4.79 Å². The van der Waals surface area contributed by atoms with Crippen LogP contribution in [0.4, 0.5) is 5.69 Å². The van der Waals surface area contributed by atoms with Crippen molar-refractivity contribution in [2.45, 2.75) is 39.8 Å². The van der Waals surface area contributed by atoms with Gasteiger partial charge in [0.2, 0.25) is 0 Å². The Morgan fingerprint density at radius 2 is 2.18 bits per heavy atom. The van der Waals surface area contributed by atoms with Gasteiger partial charge in [0.1, 0.15) is 0 Å². The Balaban J connectivity index is 1.89. The third kappa shape index (κ3) is 5.24. The van der Waals surface area contributed by atoms with Crippen LogP contribution >= 0.6 is 0 Å². The first-order valence-electron chi connectivity index (χ1n) is 7.59. The molecule has 2 aromatic rings. The molecule has 0 amide bonds. The summed E-state index contributed by atoms with van der Waals surface area (Å²) in [6.45, 7) is 5.97. The fourth-order valence-electron chi connectivity index (χ4n) is 2.26. The van der Waals surface area contributed by atoms with E-state index in [1.807, 2.05) is 35.1 Å². The monoisotopic (exact) mass is 301 g/mol. The van der Waals surface area contributed by atoms with Gasteiger partial charge in [-0.3, -0.25) is 9.48 Å². The van der Waals surface area contributed by atoms with Crippen LogP contribution in [-0.4, -0.2) is 20.9 Å². The Kier molecular flexibility index (Phi) is 5.58. The predicted molar refractivity (Wildman–Crippen MR) is 86.8 cm³/mol. The quantitative estimate of drug-likeness (QED) is 0.786. The molecule has 0 atom stereocenters. The van der Waals surface area contributed by atoms with Gasteiger partial charge in [-0.15, -0.1) is 0 Å². The Bertz CT molecular complexity index is 620. The van der Waals surface area contributed by atoms with E-state index < -0.39 is 5.97 Å². The van der Waals surface area contributed by atoms with Gasteiger partial charge in [-0.05, 0) is 30.0 Å². The van der Waals surface area contributed by atoms with Gasteiger partial charge in [-0.25, -0.2) is 0 Å². The minimum atomic E-state index is -0.768. The van der Waals surface area contributed by atoms with Crippen LogP contribution in [0.25, 0.3) is 0 Å². The van der Waals surface area contributed by atoms with E-state index in [0.717, 1.165) is 23.4 Å². The van der Waals surface area contributed by atoms with Crippen molar-refractivity contribution in [3.8, 4) is 0 Å². The molecule has 0 radical (unpaired) electrons. The molecule has 0 fully saturated rings. The predicted octanol–water partition coefficient (Wildman–Crippen LogP) is 3.17. The number of anilines is 1. The number of hydrogen-bond donors (Lipinski definition) is 2. The standard InChI is InChI=1S/C17H23N3O2/c1-13(2)11-20-12-15(10-19-20)9-18-16-5-3-4-14(8-16)6-7-17(21)22/h3-5,8,10,12-13,18H,6-7,9,11H2,1-2H3,(H,21,22). The molecule has 1 aromatic carbocycles. The third-order valence-corrected chi connectivity index (χ3v) is 3.29. The summed E-state index contributed by atoms with van der Waals surface area (Å²) in [6.07, 6.45) is 4.65. The van der Waals surface area contributed by atoms with Crippen LogP contribution in [0.3, 0.4) is 0 Å². The molecule has 0 spiro atoms. The van der Waals surface area contributed by atoms with Gasteiger partial charge in [0.15, 0.2) is 0 Å². The number of aryl methyl sites for hydroxylation is 1. The summed E-state index contributed by atoms with van der Waals surface area (Å²) in [5.74, 6) is -0.192. The smallest absolute Gasteiger partial charge is 0.303 e. The number of nitrogens with one attached hydrogen (secondary N) is 1. The Hall–Kier alpha value is -2.30. The number of carboxylic acids is 1. The van der Waals surface area contributed by atoms with Gasteiger partial charge in [0, 0.05) is 37.0 Å². The van der Waals surface area contributed by atoms with Crippen LogP contribution in [0.5, 0.6) is 0 Å². The highest BCUT2D eigenvalue weighted by Crippen LogP contribution is 2.14. The van der Waals surface area contributed by atoms with E-state index in [1.165, 1.54) is 0 Å². The van der Waals surface area contributed by atoms with Gasteiger partial charge < -0.3 is 10.4 Å². The summed E-state index contributed by atoms with van der Waals surface area (Å²) in [7, 11) is 0. The minimum Gasteiger partial charge on any atom is -0.481 e. The van der Waals surface area contributed by atoms with E-state index >= 15 is 0 Å². The van der Waals surface area contributed by atoms with Gasteiger partial charge in [-0.2, -0.15) is 5.10 Å². The highest BCUT2D eigenvalue weighted by molar-refractivity contribution is 5.67. The summed E-state index contributed by atoms with van der Waals surface area (Å²) < 4.78 is 1.96. The lowest BCUT2D eigenvalue weighted by molar-refractivity contribution is -0.136. The molecule has 118 valence electrons. The Labute approximate surface area is 131 Å². The summed E-state index contributed by atoms with van der Waals surface area (Å²) in [4.78, 5) is 10.6. The van der Waals surface area contributed by atoms with Crippen LogP contribution in [0, 0.1) is 5.92 Å². The molecule has 2 rings (SSSR count). The van der Waals surface area contributed by atoms with Gasteiger partial charge >= 0.3 is 5.97 Å². The van der Waals surface area contributed by atoms with Crippen LogP contribution in [-0.2, 0) is 24.3 Å². The van der Waals surface area contributed by atoms with E-state index in [0.29, 0.717) is 18.9 Å². The molecule has 0 aliphatic rings. The first kappa shape index (κ1) is 16.1. The highest BCUT2D eigenvalue weighted by atomic mass is 16.4. The SMILES string of the molecule is CC(C)Cn1cc(CNc2cccc(CCC(=O)O)c2)cn1. The number of hydrogen-bond acceptors (Lipinski definition) is 3. The maximum atomic E-state index is 10.6. The maximum Gasteiger partial charge on any atom is 0.303 e. The summed E-state index contributed by atoms with van der Waals surface area (Å²) >= 11 is 0. The van der Waals surface area contributed by atoms with Crippen molar-refractivity contribution in [1.82, 2.24) is 9.78 Å². The number of aromatic nitrogens is 2. The first-order chi connectivity index (χ1) is 10.5. The van der Waals surface area contributed by atoms with Crippen molar-refractivity contribution < 1.29 is 9.90 Å². The normalized spacial score (nSPS) is 10.9. The summed E-state index contributed by atoms with van der Waals surface area (Å²) in [5, 5.41) is 16.4. The zero-order chi connectivity index (χ0) is 15.9. The second kappa shape index (κ2) is 7.64. The summed E-state index contributed by atoms with van der Waals surface area (Å²) in [5.41, 5.74) is 3.17. The molecule has 0 unspecified atom stereocenters. The zero-order valence-corrected chi connectivity index (χ0v) is 13.1. The lowest BCUT2D eigenvalue weighted by atomic mass is 10.1. The average molecular weight is 301 g/mol. The van der Waals surface area contributed by atoms with Gasteiger partial charge in [0.25, 0.3) is 0 Å². The fourth-order valence-corrected chi connectivity index (χ4v) is 2.26. The van der Waals surface area contributed by atoms with E-state index in [1.54, 1.807) is 0 Å². The molecule has 22 heavy (non-hydrogen) atoms. The molecule has 1 heterocycles. The molecule has 0 bridgehead atoms. The number of aliphatic carboxylic acids is 1. The second-order valence-corrected chi connectivity index (χ2v) is 5.91. The summed E-state index contributed by atoms with van der Waals surface area (Å²) in [6, 6.07) is 7.89. The molecular formula is C17H23N3O2. The molecule has 2 N–H and O–H groups in total. The van der Waals surface area contributed by atoms with Gasteiger partial charge in [-0.1, -0.05) is 26.0 Å². The number of nitrogens with zero attached hydrogens (tertiary/aromatic N) is 2. The molecular weight excluding hydrogens is 278 g/mol. The van der Waals surface area contributed by atoms with Crippen molar-refractivity contribution in [3.63, 3.8) is 0 Å². The van der Waals surface area contributed by atoms with Crippen molar-refractivity contribution in [1.29, 1.82) is 0 Å². The largest absolute Gasteiger partial charge is 0.481 e. The third-order valence-electron chi connectivity index (χ3n) is 3.29. The lowest BCUT2D eigenvalue weighted by Gasteiger charge is -2.07. The van der Waals surface area contributed by atoms with Crippen molar-refractivity contribution in [2.75, 3.05) is 5.32 Å². The van der Waals surface area contributed by atoms with Crippen molar-refractivity contribution >= 4 is 11.7 Å². The van der Waals surface area contributed by atoms with E-state index in [2.05, 4.69) is 30.5 Å². The minimum absolute atomic E-state index is 0.158. The topological polar surface area (TPSA) is 67.2 Å². The Morgan fingerprint density at radius 3 is 2.91 bits per heavy atom. The fraction of sp³-hybridized carbons (Fsp3) is 0.412. The van der Waals surface area contributed by atoms with Crippen molar-refractivity contribution in [3.05, 3.63) is 47.8 Å². The number of carboxylic acid groups (broad SMARTS) is 1. The zero-order valence-electron chi connectivity index (χ0n) is 13.1. The van der Waals surface area contributed by atoms with Crippen LogP contribution < -0.4 is 5.32 Å². The van der Waals surface area contributed by atoms with Crippen LogP contribution in [0.2, 0.25) is 0 Å². The molecule has 0 saturated heterocycles. The lowest BCUT2D eigenvalue weighted by Crippen LogP contribution is -2.04. The molecule has 5 heteroatoms. The average Bonchev–Trinajstić information content (AvgIpc) is 2.90. The molecule has 0 aliphatic heterocycles. The van der Waals surface area contributed by atoms with E-state index in [-0.39, 0.29) is 6.42 Å². The molecule has 0 aliphatic carbocycles. The van der Waals surface area contributed by atoms with Crippen molar-refractivity contribution in [2.24, 2.45) is 5.92 Å². The molecule has 0 saturated carbocycles. The van der Waals surface area contributed by atoms with E-state index in [4.69, 9.17) is 5.11 Å². The molecule has 1 aromatic heterocycles. The van der Waals surface area contributed by atoms with Crippen LogP contribution in [0.1, 0.15) is 31.4 Å². The second-order valence-electron chi connectivity index (χ2n) is 5.91. The highest BCUT2D eigenvalue weighted by Gasteiger charge is 2.03.